The lowest BCUT2D eigenvalue weighted by molar-refractivity contribution is 0.763. The molecule has 3 nitrogen and oxygen atoms in total. The van der Waals surface area contributed by atoms with Crippen LogP contribution in [0.3, 0.4) is 0 Å². The molecule has 0 aliphatic heterocycles. The average molecular weight is 216 g/mol. The number of thiol groups is 1. The van der Waals surface area contributed by atoms with Gasteiger partial charge in [-0.25, -0.2) is 10.4 Å². The summed E-state index contributed by atoms with van der Waals surface area (Å²) in [5.74, 6) is 0.548. The van der Waals surface area contributed by atoms with Gasteiger partial charge in [-0.05, 0) is 24.3 Å². The Balaban J connectivity index is 2.44. The van der Waals surface area contributed by atoms with Crippen LogP contribution in [0.4, 0.5) is 5.69 Å². The van der Waals surface area contributed by atoms with E-state index in [0.29, 0.717) is 10.9 Å². The fraction of sp³-hybridized carbons (Fsp3) is 0.125. The van der Waals surface area contributed by atoms with Crippen LogP contribution in [0.2, 0.25) is 5.02 Å². The Labute approximate surface area is 87.6 Å². The van der Waals surface area contributed by atoms with Crippen molar-refractivity contribution in [3.05, 3.63) is 29.3 Å². The minimum absolute atomic E-state index is 0.548. The summed E-state index contributed by atoms with van der Waals surface area (Å²) in [6.45, 7) is 0. The van der Waals surface area contributed by atoms with Crippen molar-refractivity contribution in [2.75, 3.05) is 5.88 Å². The number of nitrogens with zero attached hydrogens (tertiary/aromatic N) is 1. The fourth-order valence-corrected chi connectivity index (χ4v) is 0.943. The maximum Gasteiger partial charge on any atom is 0.103 e. The topological polar surface area (TPSA) is 36.4 Å². The zero-order valence-electron chi connectivity index (χ0n) is 6.87. The molecule has 0 bridgehead atoms. The van der Waals surface area contributed by atoms with E-state index in [2.05, 4.69) is 28.5 Å². The molecule has 0 amide bonds. The SMILES string of the molecule is SCNNC=Nc1ccc(Cl)cc1. The van der Waals surface area contributed by atoms with Crippen molar-refractivity contribution in [2.24, 2.45) is 4.99 Å². The van der Waals surface area contributed by atoms with E-state index in [1.54, 1.807) is 18.5 Å². The number of halogens is 1. The molecule has 0 heterocycles. The standard InChI is InChI=1S/C8H10ClN3S/c9-7-1-3-8(4-2-7)10-5-11-12-6-13/h1-5,12-13H,6H2,(H,10,11). The van der Waals surface area contributed by atoms with E-state index in [9.17, 15) is 0 Å². The first-order valence-corrected chi connectivity index (χ1v) is 4.71. The van der Waals surface area contributed by atoms with E-state index < -0.39 is 0 Å². The second-order valence-corrected chi connectivity index (χ2v) is 2.97. The molecule has 0 aliphatic rings. The molecule has 0 aromatic heterocycles. The van der Waals surface area contributed by atoms with Crippen LogP contribution < -0.4 is 10.9 Å². The van der Waals surface area contributed by atoms with Crippen molar-refractivity contribution >= 4 is 36.3 Å². The molecular weight excluding hydrogens is 206 g/mol. The quantitative estimate of drug-likeness (QED) is 0.179. The van der Waals surface area contributed by atoms with Gasteiger partial charge in [0.05, 0.1) is 11.6 Å². The smallest absolute Gasteiger partial charge is 0.103 e. The monoisotopic (exact) mass is 215 g/mol. The largest absolute Gasteiger partial charge is 0.311 e. The normalized spacial score (nSPS) is 10.6. The minimum atomic E-state index is 0.548. The lowest BCUT2D eigenvalue weighted by atomic mass is 10.3. The number of nitrogens with one attached hydrogen (secondary N) is 2. The summed E-state index contributed by atoms with van der Waals surface area (Å²) in [6, 6.07) is 7.25. The van der Waals surface area contributed by atoms with Crippen LogP contribution in [0.5, 0.6) is 0 Å². The fourth-order valence-electron chi connectivity index (χ4n) is 0.725. The van der Waals surface area contributed by atoms with Crippen LogP contribution in [0.25, 0.3) is 0 Å². The third-order valence-electron chi connectivity index (χ3n) is 1.29. The van der Waals surface area contributed by atoms with Crippen molar-refractivity contribution < 1.29 is 0 Å². The highest BCUT2D eigenvalue weighted by Gasteiger charge is 1.87. The summed E-state index contributed by atoms with van der Waals surface area (Å²) < 4.78 is 0. The summed E-state index contributed by atoms with van der Waals surface area (Å²) in [5, 5.41) is 0.709. The average Bonchev–Trinajstić information content (AvgIpc) is 2.15. The summed E-state index contributed by atoms with van der Waals surface area (Å²) >= 11 is 9.65. The van der Waals surface area contributed by atoms with Crippen LogP contribution >= 0.6 is 24.2 Å². The molecule has 0 radical (unpaired) electrons. The highest BCUT2D eigenvalue weighted by molar-refractivity contribution is 7.80. The van der Waals surface area contributed by atoms with Crippen LogP contribution in [0, 0.1) is 0 Å². The summed E-state index contributed by atoms with van der Waals surface area (Å²) in [7, 11) is 0. The number of hydrogen-bond acceptors (Lipinski definition) is 3. The summed E-state index contributed by atoms with van der Waals surface area (Å²) in [6.07, 6.45) is 1.56. The van der Waals surface area contributed by atoms with Gasteiger partial charge in [0.2, 0.25) is 0 Å². The summed E-state index contributed by atoms with van der Waals surface area (Å²) in [4.78, 5) is 4.09. The molecule has 0 fully saturated rings. The van der Waals surface area contributed by atoms with E-state index in [1.807, 2.05) is 12.1 Å². The van der Waals surface area contributed by atoms with Gasteiger partial charge >= 0.3 is 0 Å². The third kappa shape index (κ3) is 4.17. The predicted octanol–water partition coefficient (Wildman–Crippen LogP) is 1.98. The maximum atomic E-state index is 5.71. The zero-order valence-corrected chi connectivity index (χ0v) is 8.52. The van der Waals surface area contributed by atoms with E-state index >= 15 is 0 Å². The Morgan fingerprint density at radius 1 is 1.38 bits per heavy atom. The molecule has 0 aliphatic carbocycles. The molecule has 0 unspecified atom stereocenters. The van der Waals surface area contributed by atoms with Crippen molar-refractivity contribution in [3.8, 4) is 0 Å². The van der Waals surface area contributed by atoms with E-state index in [-0.39, 0.29) is 0 Å². The highest BCUT2D eigenvalue weighted by atomic mass is 35.5. The number of benzene rings is 1. The van der Waals surface area contributed by atoms with Gasteiger partial charge in [0.25, 0.3) is 0 Å². The van der Waals surface area contributed by atoms with Crippen LogP contribution in [-0.4, -0.2) is 12.2 Å². The van der Waals surface area contributed by atoms with E-state index in [1.165, 1.54) is 0 Å². The molecular formula is C8H10ClN3S. The van der Waals surface area contributed by atoms with Crippen molar-refractivity contribution in [1.82, 2.24) is 10.9 Å². The van der Waals surface area contributed by atoms with Gasteiger partial charge in [-0.1, -0.05) is 11.6 Å². The molecule has 2 N–H and O–H groups in total. The molecule has 1 aromatic carbocycles. The minimum Gasteiger partial charge on any atom is -0.311 e. The van der Waals surface area contributed by atoms with Crippen molar-refractivity contribution in [3.63, 3.8) is 0 Å². The lowest BCUT2D eigenvalue weighted by Crippen LogP contribution is -2.28. The molecule has 0 saturated carbocycles. The number of hydrogen-bond donors (Lipinski definition) is 3. The Bertz CT molecular complexity index is 273. The van der Waals surface area contributed by atoms with Gasteiger partial charge in [-0.15, -0.1) is 0 Å². The van der Waals surface area contributed by atoms with Gasteiger partial charge in [-0.3, -0.25) is 0 Å². The first-order valence-electron chi connectivity index (χ1n) is 3.70. The maximum absolute atomic E-state index is 5.71. The summed E-state index contributed by atoms with van der Waals surface area (Å²) in [5.41, 5.74) is 6.36. The molecule has 70 valence electrons. The van der Waals surface area contributed by atoms with Gasteiger partial charge in [0.15, 0.2) is 0 Å². The predicted molar refractivity (Wildman–Crippen MR) is 59.7 cm³/mol. The molecule has 0 saturated heterocycles. The third-order valence-corrected chi connectivity index (χ3v) is 1.70. The van der Waals surface area contributed by atoms with Crippen molar-refractivity contribution in [1.29, 1.82) is 0 Å². The van der Waals surface area contributed by atoms with Gasteiger partial charge in [0.1, 0.15) is 6.34 Å². The second-order valence-electron chi connectivity index (χ2n) is 2.21. The van der Waals surface area contributed by atoms with Gasteiger partial charge in [-0.2, -0.15) is 12.6 Å². The first-order chi connectivity index (χ1) is 6.33. The number of hydrazine groups is 1. The molecule has 0 atom stereocenters. The van der Waals surface area contributed by atoms with Gasteiger partial charge in [0, 0.05) is 5.02 Å². The molecule has 13 heavy (non-hydrogen) atoms. The van der Waals surface area contributed by atoms with Crippen molar-refractivity contribution in [2.45, 2.75) is 0 Å². The van der Waals surface area contributed by atoms with Gasteiger partial charge < -0.3 is 5.43 Å². The van der Waals surface area contributed by atoms with E-state index in [4.69, 9.17) is 11.6 Å². The second kappa shape index (κ2) is 5.85. The lowest BCUT2D eigenvalue weighted by Gasteiger charge is -1.97. The number of rotatable bonds is 4. The number of aliphatic imine (C=N–C) groups is 1. The van der Waals surface area contributed by atoms with Crippen LogP contribution in [0.1, 0.15) is 0 Å². The molecule has 1 rings (SSSR count). The Hall–Kier alpha value is -0.710. The Kier molecular flexibility index (Phi) is 4.67. The molecule has 0 spiro atoms. The Morgan fingerprint density at radius 3 is 2.69 bits per heavy atom. The Morgan fingerprint density at radius 2 is 2.08 bits per heavy atom. The van der Waals surface area contributed by atoms with E-state index in [0.717, 1.165) is 5.69 Å². The molecule has 1 aromatic rings. The zero-order chi connectivity index (χ0) is 9.52. The first kappa shape index (κ1) is 10.4. The molecule has 5 heteroatoms. The van der Waals surface area contributed by atoms with Crippen LogP contribution in [0.15, 0.2) is 29.3 Å². The van der Waals surface area contributed by atoms with Crippen LogP contribution in [-0.2, 0) is 0 Å². The highest BCUT2D eigenvalue weighted by Crippen LogP contribution is 2.15.